The maximum Gasteiger partial charge on any atom is 0.391 e. The summed E-state index contributed by atoms with van der Waals surface area (Å²) in [7, 11) is 0. The molecule has 3 N–H and O–H groups in total. The van der Waals surface area contributed by atoms with Crippen molar-refractivity contribution < 1.29 is 13.2 Å². The monoisotopic (exact) mass is 300 g/mol. The lowest BCUT2D eigenvalue weighted by atomic mass is 9.65. The Labute approximate surface area is 121 Å². The zero-order chi connectivity index (χ0) is 15.1. The Morgan fingerprint density at radius 2 is 1.90 bits per heavy atom. The van der Waals surface area contributed by atoms with Crippen molar-refractivity contribution in [1.82, 2.24) is 15.3 Å². The molecule has 0 amide bonds. The van der Waals surface area contributed by atoms with Gasteiger partial charge in [0.25, 0.3) is 0 Å². The molecule has 0 aromatic carbocycles. The van der Waals surface area contributed by atoms with Crippen LogP contribution < -0.4 is 11.1 Å². The fourth-order valence-electron chi connectivity index (χ4n) is 4.02. The fourth-order valence-corrected chi connectivity index (χ4v) is 4.02. The minimum absolute atomic E-state index is 0.0885. The van der Waals surface area contributed by atoms with Crippen molar-refractivity contribution in [2.75, 3.05) is 13.1 Å². The number of halogens is 3. The number of nitrogens with one attached hydrogen (secondary N) is 1. The molecule has 1 spiro atoms. The number of aromatic nitrogens is 2. The summed E-state index contributed by atoms with van der Waals surface area (Å²) in [5, 5.41) is 3.21. The average Bonchev–Trinajstić information content (AvgIpc) is 2.75. The van der Waals surface area contributed by atoms with E-state index in [1.54, 1.807) is 0 Å². The third-order valence-corrected chi connectivity index (χ3v) is 5.20. The van der Waals surface area contributed by atoms with Crippen molar-refractivity contribution in [2.45, 2.75) is 37.4 Å². The molecule has 4 nitrogen and oxygen atoms in total. The highest BCUT2D eigenvalue weighted by molar-refractivity contribution is 5.23. The van der Waals surface area contributed by atoms with E-state index >= 15 is 0 Å². The second-order valence-corrected chi connectivity index (χ2v) is 6.24. The van der Waals surface area contributed by atoms with E-state index in [2.05, 4.69) is 15.3 Å². The van der Waals surface area contributed by atoms with Crippen LogP contribution in [0.2, 0.25) is 0 Å². The van der Waals surface area contributed by atoms with Crippen LogP contribution in [0.1, 0.15) is 31.4 Å². The largest absolute Gasteiger partial charge is 0.391 e. The molecule has 2 unspecified atom stereocenters. The average molecular weight is 300 g/mol. The van der Waals surface area contributed by atoms with Crippen molar-refractivity contribution in [1.29, 1.82) is 0 Å². The van der Waals surface area contributed by atoms with E-state index in [4.69, 9.17) is 5.73 Å². The summed E-state index contributed by atoms with van der Waals surface area (Å²) < 4.78 is 39.8. The molecular formula is C14H19F3N4. The van der Waals surface area contributed by atoms with Crippen LogP contribution in [0.3, 0.4) is 0 Å². The molecular weight excluding hydrogens is 281 g/mol. The molecule has 21 heavy (non-hydrogen) atoms. The van der Waals surface area contributed by atoms with Crippen LogP contribution in [-0.4, -0.2) is 29.2 Å². The number of alkyl halides is 3. The Hall–Kier alpha value is -1.21. The summed E-state index contributed by atoms with van der Waals surface area (Å²) >= 11 is 0. The van der Waals surface area contributed by atoms with Gasteiger partial charge in [-0.1, -0.05) is 0 Å². The van der Waals surface area contributed by atoms with Gasteiger partial charge in [0.15, 0.2) is 0 Å². The lowest BCUT2D eigenvalue weighted by molar-refractivity contribution is -0.175. The van der Waals surface area contributed by atoms with Crippen LogP contribution in [0.25, 0.3) is 0 Å². The molecule has 2 atom stereocenters. The number of hydrogen-bond donors (Lipinski definition) is 2. The summed E-state index contributed by atoms with van der Waals surface area (Å²) in [6, 6.07) is 0. The first-order valence-corrected chi connectivity index (χ1v) is 7.20. The topological polar surface area (TPSA) is 63.8 Å². The minimum Gasteiger partial charge on any atom is -0.320 e. The zero-order valence-electron chi connectivity index (χ0n) is 11.7. The van der Waals surface area contributed by atoms with Gasteiger partial charge in [-0.3, -0.25) is 9.97 Å². The van der Waals surface area contributed by atoms with E-state index in [1.807, 2.05) is 0 Å². The van der Waals surface area contributed by atoms with E-state index in [0.29, 0.717) is 31.6 Å². The first kappa shape index (κ1) is 14.7. The molecule has 1 aromatic rings. The standard InChI is InChI=1S/C14H19F3N4/c15-14(16,17)10-7-12(1-3-19-4-2-12)13(18,8-10)11-9-20-5-6-21-11/h5-6,9-10,19H,1-4,7-8,18H2. The van der Waals surface area contributed by atoms with Gasteiger partial charge in [-0.05, 0) is 44.2 Å². The van der Waals surface area contributed by atoms with Crippen molar-refractivity contribution in [2.24, 2.45) is 17.1 Å². The van der Waals surface area contributed by atoms with Gasteiger partial charge in [0.1, 0.15) is 0 Å². The Balaban J connectivity index is 2.03. The first-order valence-electron chi connectivity index (χ1n) is 7.20. The SMILES string of the molecule is NC1(c2cnccn2)CC(C(F)(F)F)CC12CCNCC2. The van der Waals surface area contributed by atoms with Gasteiger partial charge in [-0.25, -0.2) is 0 Å². The summed E-state index contributed by atoms with van der Waals surface area (Å²) in [6.07, 6.45) is 1.60. The quantitative estimate of drug-likeness (QED) is 0.832. The molecule has 3 rings (SSSR count). The molecule has 0 bridgehead atoms. The summed E-state index contributed by atoms with van der Waals surface area (Å²) in [5.41, 5.74) is 5.43. The molecule has 7 heteroatoms. The van der Waals surface area contributed by atoms with E-state index < -0.39 is 23.0 Å². The normalized spacial score (nSPS) is 32.5. The molecule has 2 aliphatic rings. The lowest BCUT2D eigenvalue weighted by Crippen LogP contribution is -2.53. The Bertz CT molecular complexity index is 499. The van der Waals surface area contributed by atoms with Crippen molar-refractivity contribution >= 4 is 0 Å². The van der Waals surface area contributed by atoms with Gasteiger partial charge in [0.05, 0.1) is 23.3 Å². The Kier molecular flexibility index (Phi) is 3.44. The minimum atomic E-state index is -4.21. The smallest absolute Gasteiger partial charge is 0.320 e. The van der Waals surface area contributed by atoms with Crippen LogP contribution in [-0.2, 0) is 5.54 Å². The third kappa shape index (κ3) is 2.32. The molecule has 1 aromatic heterocycles. The zero-order valence-corrected chi connectivity index (χ0v) is 11.7. The molecule has 1 aliphatic heterocycles. The highest BCUT2D eigenvalue weighted by Crippen LogP contribution is 2.60. The Morgan fingerprint density at radius 1 is 1.19 bits per heavy atom. The number of hydrogen-bond acceptors (Lipinski definition) is 4. The highest BCUT2D eigenvalue weighted by Gasteiger charge is 2.62. The van der Waals surface area contributed by atoms with E-state index in [0.717, 1.165) is 0 Å². The van der Waals surface area contributed by atoms with Gasteiger partial charge >= 0.3 is 6.18 Å². The predicted molar refractivity (Wildman–Crippen MR) is 71.2 cm³/mol. The van der Waals surface area contributed by atoms with Crippen molar-refractivity contribution in [3.05, 3.63) is 24.3 Å². The second-order valence-electron chi connectivity index (χ2n) is 6.24. The summed E-state index contributed by atoms with van der Waals surface area (Å²) in [4.78, 5) is 8.22. The number of nitrogens with zero attached hydrogens (tertiary/aromatic N) is 2. The number of piperidine rings is 1. The molecule has 116 valence electrons. The molecule has 0 radical (unpaired) electrons. The van der Waals surface area contributed by atoms with Gasteiger partial charge in [0, 0.05) is 12.4 Å². The van der Waals surface area contributed by atoms with Crippen LogP contribution in [0.5, 0.6) is 0 Å². The molecule has 2 fully saturated rings. The first-order chi connectivity index (χ1) is 9.87. The van der Waals surface area contributed by atoms with Crippen LogP contribution in [0.4, 0.5) is 13.2 Å². The van der Waals surface area contributed by atoms with Crippen molar-refractivity contribution in [3.63, 3.8) is 0 Å². The maximum atomic E-state index is 13.3. The van der Waals surface area contributed by atoms with Gasteiger partial charge in [0.2, 0.25) is 0 Å². The fraction of sp³-hybridized carbons (Fsp3) is 0.714. The summed E-state index contributed by atoms with van der Waals surface area (Å²) in [6.45, 7) is 1.40. The predicted octanol–water partition coefficient (Wildman–Crippen LogP) is 1.97. The highest BCUT2D eigenvalue weighted by atomic mass is 19.4. The van der Waals surface area contributed by atoms with Crippen LogP contribution in [0, 0.1) is 11.3 Å². The second kappa shape index (κ2) is 4.91. The van der Waals surface area contributed by atoms with Gasteiger partial charge in [-0.15, -0.1) is 0 Å². The Morgan fingerprint density at radius 3 is 2.48 bits per heavy atom. The molecule has 1 saturated heterocycles. The van der Waals surface area contributed by atoms with Crippen molar-refractivity contribution in [3.8, 4) is 0 Å². The number of rotatable bonds is 1. The summed E-state index contributed by atoms with van der Waals surface area (Å²) in [5.74, 6) is -1.36. The van der Waals surface area contributed by atoms with E-state index in [-0.39, 0.29) is 12.8 Å². The third-order valence-electron chi connectivity index (χ3n) is 5.20. The number of nitrogens with two attached hydrogens (primary N) is 1. The molecule has 2 heterocycles. The van der Waals surface area contributed by atoms with Gasteiger partial charge < -0.3 is 11.1 Å². The molecule has 1 saturated carbocycles. The van der Waals surface area contributed by atoms with Crippen LogP contribution in [0.15, 0.2) is 18.6 Å². The van der Waals surface area contributed by atoms with E-state index in [9.17, 15) is 13.2 Å². The van der Waals surface area contributed by atoms with Crippen LogP contribution >= 0.6 is 0 Å². The lowest BCUT2D eigenvalue weighted by Gasteiger charge is -2.45. The maximum absolute atomic E-state index is 13.3. The molecule has 1 aliphatic carbocycles. The van der Waals surface area contributed by atoms with E-state index in [1.165, 1.54) is 18.6 Å². The van der Waals surface area contributed by atoms with Gasteiger partial charge in [-0.2, -0.15) is 13.2 Å².